The molecule has 3 N–H and O–H groups in total. The van der Waals surface area contributed by atoms with Crippen molar-refractivity contribution in [2.75, 3.05) is 38.0 Å². The number of morpholine rings is 1. The van der Waals surface area contributed by atoms with Crippen molar-refractivity contribution in [3.05, 3.63) is 33.9 Å². The Balaban J connectivity index is 1.83. The number of rotatable bonds is 7. The van der Waals surface area contributed by atoms with Gasteiger partial charge >= 0.3 is 6.18 Å². The molecule has 0 unspecified atom stereocenters. The standard InChI is InChI=1S/C17H23F3N4O4/c1-11-8-23(9-12(2)28-11)10-16(25)22-6-5-21-14-4-3-13(17(18,19)20)7-15(14)24(26)27/h3-4,7,11-12,21H,5-6,8-10H2,1-2H3,(H,22,25)/p+1/t11-,12-/m1/s1. The van der Waals surface area contributed by atoms with Gasteiger partial charge in [-0.25, -0.2) is 0 Å². The quantitative estimate of drug-likeness (QED) is 0.355. The molecular formula is C17H24F3N4O4+. The molecule has 0 spiro atoms. The first kappa shape index (κ1) is 21.9. The van der Waals surface area contributed by atoms with Gasteiger partial charge in [-0.05, 0) is 26.0 Å². The number of alkyl halides is 3. The van der Waals surface area contributed by atoms with Crippen molar-refractivity contribution in [1.29, 1.82) is 0 Å². The lowest BCUT2D eigenvalue weighted by Crippen LogP contribution is -3.16. The van der Waals surface area contributed by atoms with Crippen LogP contribution >= 0.6 is 0 Å². The molecule has 28 heavy (non-hydrogen) atoms. The number of halogens is 3. The molecule has 1 aromatic rings. The molecule has 0 saturated carbocycles. The average molecular weight is 405 g/mol. The molecule has 1 saturated heterocycles. The topological polar surface area (TPSA) is 97.9 Å². The Labute approximate surface area is 160 Å². The Morgan fingerprint density at radius 3 is 2.50 bits per heavy atom. The van der Waals surface area contributed by atoms with Gasteiger partial charge in [-0.2, -0.15) is 13.2 Å². The van der Waals surface area contributed by atoms with E-state index in [4.69, 9.17) is 4.74 Å². The Bertz CT molecular complexity index is 704. The van der Waals surface area contributed by atoms with E-state index in [2.05, 4.69) is 10.6 Å². The first-order valence-corrected chi connectivity index (χ1v) is 8.91. The summed E-state index contributed by atoms with van der Waals surface area (Å²) < 4.78 is 43.7. The highest BCUT2D eigenvalue weighted by Gasteiger charge is 2.33. The minimum absolute atomic E-state index is 0.0336. The molecule has 1 fully saturated rings. The smallest absolute Gasteiger partial charge is 0.378 e. The molecule has 1 heterocycles. The molecule has 156 valence electrons. The van der Waals surface area contributed by atoms with E-state index in [0.29, 0.717) is 12.6 Å². The third kappa shape index (κ3) is 6.34. The van der Waals surface area contributed by atoms with Crippen LogP contribution in [0, 0.1) is 10.1 Å². The summed E-state index contributed by atoms with van der Waals surface area (Å²) in [5.41, 5.74) is -1.79. The van der Waals surface area contributed by atoms with E-state index in [1.165, 1.54) is 0 Å². The summed E-state index contributed by atoms with van der Waals surface area (Å²) in [5, 5.41) is 16.4. The molecule has 1 amide bonds. The monoisotopic (exact) mass is 405 g/mol. The summed E-state index contributed by atoms with van der Waals surface area (Å²) in [6.07, 6.45) is -4.50. The number of nitrogens with one attached hydrogen (secondary N) is 3. The Morgan fingerprint density at radius 2 is 1.93 bits per heavy atom. The zero-order valence-corrected chi connectivity index (χ0v) is 15.6. The number of anilines is 1. The van der Waals surface area contributed by atoms with Crippen LogP contribution < -0.4 is 15.5 Å². The number of carbonyl (C=O) groups is 1. The first-order chi connectivity index (χ1) is 13.1. The van der Waals surface area contributed by atoms with Crippen LogP contribution in [-0.4, -0.2) is 55.8 Å². The number of benzene rings is 1. The van der Waals surface area contributed by atoms with E-state index >= 15 is 0 Å². The summed E-state index contributed by atoms with van der Waals surface area (Å²) in [6, 6.07) is 2.28. The van der Waals surface area contributed by atoms with Crippen LogP contribution in [0.3, 0.4) is 0 Å². The lowest BCUT2D eigenvalue weighted by molar-refractivity contribution is -0.907. The highest BCUT2D eigenvalue weighted by atomic mass is 19.4. The summed E-state index contributed by atoms with van der Waals surface area (Å²) >= 11 is 0. The predicted molar refractivity (Wildman–Crippen MR) is 95.2 cm³/mol. The Hall–Kier alpha value is -2.40. The van der Waals surface area contributed by atoms with Crippen LogP contribution in [0.25, 0.3) is 0 Å². The van der Waals surface area contributed by atoms with Crippen LogP contribution in [0.15, 0.2) is 18.2 Å². The Morgan fingerprint density at radius 1 is 1.29 bits per heavy atom. The van der Waals surface area contributed by atoms with Crippen molar-refractivity contribution >= 4 is 17.3 Å². The number of nitrogens with zero attached hydrogens (tertiary/aromatic N) is 1. The van der Waals surface area contributed by atoms with Crippen molar-refractivity contribution < 1.29 is 32.5 Å². The van der Waals surface area contributed by atoms with Gasteiger partial charge in [-0.3, -0.25) is 14.9 Å². The maximum Gasteiger partial charge on any atom is 0.416 e. The average Bonchev–Trinajstić information content (AvgIpc) is 2.56. The number of nitro groups is 1. The fourth-order valence-electron chi connectivity index (χ4n) is 3.23. The number of nitro benzene ring substituents is 1. The maximum atomic E-state index is 12.7. The number of quaternary nitrogens is 1. The number of hydrogen-bond acceptors (Lipinski definition) is 5. The number of ether oxygens (including phenoxy) is 1. The summed E-state index contributed by atoms with van der Waals surface area (Å²) in [6.45, 7) is 5.98. The van der Waals surface area contributed by atoms with Crippen molar-refractivity contribution in [3.63, 3.8) is 0 Å². The second-order valence-electron chi connectivity index (χ2n) is 6.86. The van der Waals surface area contributed by atoms with E-state index in [0.717, 1.165) is 30.1 Å². The number of amides is 1. The van der Waals surface area contributed by atoms with Gasteiger partial charge in [-0.15, -0.1) is 0 Å². The molecule has 2 rings (SSSR count). The summed E-state index contributed by atoms with van der Waals surface area (Å²) in [5.74, 6) is -0.167. The molecule has 2 atom stereocenters. The van der Waals surface area contributed by atoms with Gasteiger partial charge in [-0.1, -0.05) is 0 Å². The first-order valence-electron chi connectivity index (χ1n) is 8.91. The van der Waals surface area contributed by atoms with Crippen LogP contribution in [0.2, 0.25) is 0 Å². The number of carbonyl (C=O) groups excluding carboxylic acids is 1. The van der Waals surface area contributed by atoms with Crippen molar-refractivity contribution in [3.8, 4) is 0 Å². The van der Waals surface area contributed by atoms with Crippen molar-refractivity contribution in [2.45, 2.75) is 32.2 Å². The van der Waals surface area contributed by atoms with Gasteiger partial charge in [0.05, 0.1) is 10.5 Å². The predicted octanol–water partition coefficient (Wildman–Crippen LogP) is 0.834. The molecular weight excluding hydrogens is 381 g/mol. The zero-order valence-electron chi connectivity index (χ0n) is 15.6. The van der Waals surface area contributed by atoms with Gasteiger partial charge < -0.3 is 20.3 Å². The van der Waals surface area contributed by atoms with E-state index in [-0.39, 0.29) is 36.9 Å². The van der Waals surface area contributed by atoms with Crippen LogP contribution in [0.4, 0.5) is 24.5 Å². The van der Waals surface area contributed by atoms with Gasteiger partial charge in [0.2, 0.25) is 0 Å². The fraction of sp³-hybridized carbons (Fsp3) is 0.588. The zero-order chi connectivity index (χ0) is 20.9. The highest BCUT2D eigenvalue weighted by molar-refractivity contribution is 5.76. The van der Waals surface area contributed by atoms with E-state index in [1.54, 1.807) is 0 Å². The Kier molecular flexibility index (Phi) is 7.19. The van der Waals surface area contributed by atoms with E-state index in [1.807, 2.05) is 13.8 Å². The number of hydrogen-bond donors (Lipinski definition) is 3. The molecule has 0 aromatic heterocycles. The van der Waals surface area contributed by atoms with E-state index < -0.39 is 22.4 Å². The molecule has 0 aliphatic carbocycles. The fourth-order valence-corrected chi connectivity index (χ4v) is 3.23. The second-order valence-corrected chi connectivity index (χ2v) is 6.86. The maximum absolute atomic E-state index is 12.7. The van der Waals surface area contributed by atoms with Crippen LogP contribution in [0.5, 0.6) is 0 Å². The second kappa shape index (κ2) is 9.20. The van der Waals surface area contributed by atoms with Gasteiger partial charge in [0.1, 0.15) is 31.0 Å². The third-order valence-corrected chi connectivity index (χ3v) is 4.31. The minimum atomic E-state index is -4.66. The van der Waals surface area contributed by atoms with Gasteiger partial charge in [0.25, 0.3) is 11.6 Å². The molecule has 1 aromatic carbocycles. The normalized spacial score (nSPS) is 22.5. The lowest BCUT2D eigenvalue weighted by Gasteiger charge is -2.31. The third-order valence-electron chi connectivity index (χ3n) is 4.31. The molecule has 0 bridgehead atoms. The SMILES string of the molecule is C[C@@H]1C[NH+](CC(=O)NCCNc2ccc(C(F)(F)F)cc2[N+](=O)[O-])C[C@@H](C)O1. The summed E-state index contributed by atoms with van der Waals surface area (Å²) in [4.78, 5) is 23.3. The van der Waals surface area contributed by atoms with Gasteiger partial charge in [0, 0.05) is 19.2 Å². The molecule has 11 heteroatoms. The molecule has 1 aliphatic rings. The minimum Gasteiger partial charge on any atom is -0.378 e. The largest absolute Gasteiger partial charge is 0.416 e. The van der Waals surface area contributed by atoms with Crippen molar-refractivity contribution in [1.82, 2.24) is 5.32 Å². The van der Waals surface area contributed by atoms with Crippen LogP contribution in [-0.2, 0) is 15.7 Å². The summed E-state index contributed by atoms with van der Waals surface area (Å²) in [7, 11) is 0. The molecule has 0 radical (unpaired) electrons. The van der Waals surface area contributed by atoms with Crippen molar-refractivity contribution in [2.24, 2.45) is 0 Å². The lowest BCUT2D eigenvalue weighted by atomic mass is 10.1. The van der Waals surface area contributed by atoms with E-state index in [9.17, 15) is 28.1 Å². The van der Waals surface area contributed by atoms with Crippen LogP contribution in [0.1, 0.15) is 19.4 Å². The van der Waals surface area contributed by atoms with Gasteiger partial charge in [0.15, 0.2) is 6.54 Å². The highest BCUT2D eigenvalue weighted by Crippen LogP contribution is 2.34. The molecule has 1 aliphatic heterocycles. The molecule has 8 nitrogen and oxygen atoms in total.